The number of rotatable bonds is 3. The van der Waals surface area contributed by atoms with Crippen LogP contribution in [0.15, 0.2) is 18.5 Å². The van der Waals surface area contributed by atoms with Crippen LogP contribution in [0, 0.1) is 0 Å². The van der Waals surface area contributed by atoms with Crippen molar-refractivity contribution in [2.75, 3.05) is 20.0 Å². The van der Waals surface area contributed by atoms with E-state index in [0.717, 1.165) is 11.3 Å². The van der Waals surface area contributed by atoms with Crippen molar-refractivity contribution in [3.8, 4) is 22.9 Å². The van der Waals surface area contributed by atoms with Gasteiger partial charge in [-0.2, -0.15) is 5.10 Å². The third-order valence-corrected chi connectivity index (χ3v) is 2.49. The SMILES string of the molecule is COc1cc(-c2c(N)cnn2C)c(OC)cn1. The molecule has 0 atom stereocenters. The maximum absolute atomic E-state index is 5.89. The Balaban J connectivity index is 2.64. The van der Waals surface area contributed by atoms with E-state index in [1.807, 2.05) is 7.05 Å². The molecule has 0 saturated carbocycles. The number of pyridine rings is 1. The molecule has 0 amide bonds. The molecule has 0 aliphatic heterocycles. The highest BCUT2D eigenvalue weighted by Crippen LogP contribution is 2.34. The zero-order valence-electron chi connectivity index (χ0n) is 9.97. The maximum atomic E-state index is 5.89. The number of nitrogen functional groups attached to an aromatic ring is 1. The summed E-state index contributed by atoms with van der Waals surface area (Å²) in [6, 6.07) is 1.77. The number of anilines is 1. The van der Waals surface area contributed by atoms with E-state index in [1.165, 1.54) is 0 Å². The molecular weight excluding hydrogens is 220 g/mol. The molecule has 2 rings (SSSR count). The van der Waals surface area contributed by atoms with Crippen LogP contribution >= 0.6 is 0 Å². The molecule has 2 N–H and O–H groups in total. The predicted octanol–water partition coefficient (Wildman–Crippen LogP) is 1.08. The summed E-state index contributed by atoms with van der Waals surface area (Å²) < 4.78 is 12.0. The van der Waals surface area contributed by atoms with Gasteiger partial charge in [0.1, 0.15) is 5.75 Å². The predicted molar refractivity (Wildman–Crippen MR) is 64.0 cm³/mol. The Bertz CT molecular complexity index is 517. The lowest BCUT2D eigenvalue weighted by Crippen LogP contribution is -1.99. The summed E-state index contributed by atoms with van der Waals surface area (Å²) in [4.78, 5) is 4.08. The Morgan fingerprint density at radius 2 is 2.00 bits per heavy atom. The molecule has 0 fully saturated rings. The summed E-state index contributed by atoms with van der Waals surface area (Å²) in [6.45, 7) is 0. The topological polar surface area (TPSA) is 75.2 Å². The van der Waals surface area contributed by atoms with Crippen molar-refractivity contribution in [2.24, 2.45) is 7.05 Å². The average molecular weight is 234 g/mol. The molecule has 0 bridgehead atoms. The molecule has 6 heteroatoms. The van der Waals surface area contributed by atoms with E-state index in [2.05, 4.69) is 10.1 Å². The maximum Gasteiger partial charge on any atom is 0.213 e. The van der Waals surface area contributed by atoms with Crippen LogP contribution in [0.3, 0.4) is 0 Å². The molecule has 0 saturated heterocycles. The lowest BCUT2D eigenvalue weighted by Gasteiger charge is -2.10. The quantitative estimate of drug-likeness (QED) is 0.860. The van der Waals surface area contributed by atoms with Gasteiger partial charge in [-0.1, -0.05) is 0 Å². The Morgan fingerprint density at radius 3 is 2.53 bits per heavy atom. The van der Waals surface area contributed by atoms with Gasteiger partial charge in [0.15, 0.2) is 0 Å². The van der Waals surface area contributed by atoms with E-state index in [9.17, 15) is 0 Å². The number of hydrogen-bond donors (Lipinski definition) is 1. The third kappa shape index (κ3) is 1.89. The first kappa shape index (κ1) is 11.3. The second kappa shape index (κ2) is 4.32. The standard InChI is InChI=1S/C11H14N4O2/c1-15-11(8(12)5-14-15)7-4-10(17-3)13-6-9(7)16-2/h4-6H,12H2,1-3H3. The van der Waals surface area contributed by atoms with Crippen LogP contribution in [-0.4, -0.2) is 29.0 Å². The molecule has 0 aliphatic rings. The first-order valence-electron chi connectivity index (χ1n) is 5.03. The van der Waals surface area contributed by atoms with Crippen LogP contribution in [-0.2, 0) is 7.05 Å². The Hall–Kier alpha value is -2.24. The monoisotopic (exact) mass is 234 g/mol. The number of aromatic nitrogens is 3. The van der Waals surface area contributed by atoms with Gasteiger partial charge in [0.25, 0.3) is 0 Å². The highest BCUT2D eigenvalue weighted by Gasteiger charge is 2.15. The molecule has 0 spiro atoms. The molecule has 2 heterocycles. The van der Waals surface area contributed by atoms with Gasteiger partial charge < -0.3 is 15.2 Å². The number of nitrogens with two attached hydrogens (primary N) is 1. The molecule has 90 valence electrons. The zero-order chi connectivity index (χ0) is 12.4. The summed E-state index contributed by atoms with van der Waals surface area (Å²) in [7, 11) is 4.96. The largest absolute Gasteiger partial charge is 0.494 e. The smallest absolute Gasteiger partial charge is 0.213 e. The second-order valence-corrected chi connectivity index (χ2v) is 3.50. The highest BCUT2D eigenvalue weighted by atomic mass is 16.5. The minimum Gasteiger partial charge on any atom is -0.494 e. The number of ether oxygens (including phenoxy) is 2. The van der Waals surface area contributed by atoms with Gasteiger partial charge >= 0.3 is 0 Å². The number of nitrogens with zero attached hydrogens (tertiary/aromatic N) is 3. The fourth-order valence-corrected chi connectivity index (χ4v) is 1.67. The van der Waals surface area contributed by atoms with Gasteiger partial charge in [-0.25, -0.2) is 4.98 Å². The van der Waals surface area contributed by atoms with Gasteiger partial charge in [-0.3, -0.25) is 4.68 Å². The molecule has 6 nitrogen and oxygen atoms in total. The number of hydrogen-bond acceptors (Lipinski definition) is 5. The zero-order valence-corrected chi connectivity index (χ0v) is 9.97. The molecule has 0 aliphatic carbocycles. The lowest BCUT2D eigenvalue weighted by atomic mass is 10.1. The van der Waals surface area contributed by atoms with Crippen LogP contribution in [0.1, 0.15) is 0 Å². The van der Waals surface area contributed by atoms with Crippen molar-refractivity contribution in [1.29, 1.82) is 0 Å². The Labute approximate surface area is 99.0 Å². The van der Waals surface area contributed by atoms with Gasteiger partial charge in [0.05, 0.1) is 43.6 Å². The molecule has 17 heavy (non-hydrogen) atoms. The number of aryl methyl sites for hydroxylation is 1. The fourth-order valence-electron chi connectivity index (χ4n) is 1.67. The van der Waals surface area contributed by atoms with E-state index in [-0.39, 0.29) is 0 Å². The molecule has 2 aromatic heterocycles. The normalized spacial score (nSPS) is 10.3. The van der Waals surface area contributed by atoms with Crippen LogP contribution in [0.25, 0.3) is 11.3 Å². The third-order valence-electron chi connectivity index (χ3n) is 2.49. The summed E-state index contributed by atoms with van der Waals surface area (Å²) >= 11 is 0. The van der Waals surface area contributed by atoms with Crippen molar-refractivity contribution >= 4 is 5.69 Å². The number of methoxy groups -OCH3 is 2. The molecule has 0 aromatic carbocycles. The Morgan fingerprint density at radius 1 is 1.24 bits per heavy atom. The second-order valence-electron chi connectivity index (χ2n) is 3.50. The van der Waals surface area contributed by atoms with Gasteiger partial charge in [0, 0.05) is 13.1 Å². The van der Waals surface area contributed by atoms with Gasteiger partial charge in [0.2, 0.25) is 5.88 Å². The summed E-state index contributed by atoms with van der Waals surface area (Å²) in [5.41, 5.74) is 8.05. The van der Waals surface area contributed by atoms with E-state index in [1.54, 1.807) is 37.4 Å². The average Bonchev–Trinajstić information content (AvgIpc) is 2.68. The lowest BCUT2D eigenvalue weighted by molar-refractivity contribution is 0.388. The summed E-state index contributed by atoms with van der Waals surface area (Å²) in [6.07, 6.45) is 3.20. The van der Waals surface area contributed by atoms with Crippen molar-refractivity contribution in [3.63, 3.8) is 0 Å². The molecule has 2 aromatic rings. The van der Waals surface area contributed by atoms with Crippen molar-refractivity contribution in [3.05, 3.63) is 18.5 Å². The first-order valence-corrected chi connectivity index (χ1v) is 5.03. The molecular formula is C11H14N4O2. The first-order chi connectivity index (χ1) is 8.17. The molecule has 0 radical (unpaired) electrons. The van der Waals surface area contributed by atoms with Crippen molar-refractivity contribution in [2.45, 2.75) is 0 Å². The van der Waals surface area contributed by atoms with Crippen LogP contribution in [0.5, 0.6) is 11.6 Å². The van der Waals surface area contributed by atoms with Crippen LogP contribution in [0.4, 0.5) is 5.69 Å². The van der Waals surface area contributed by atoms with Gasteiger partial charge in [-0.15, -0.1) is 0 Å². The van der Waals surface area contributed by atoms with E-state index < -0.39 is 0 Å². The van der Waals surface area contributed by atoms with E-state index >= 15 is 0 Å². The minimum atomic E-state index is 0.501. The van der Waals surface area contributed by atoms with E-state index in [4.69, 9.17) is 15.2 Å². The molecule has 0 unspecified atom stereocenters. The van der Waals surface area contributed by atoms with E-state index in [0.29, 0.717) is 17.3 Å². The minimum absolute atomic E-state index is 0.501. The van der Waals surface area contributed by atoms with Crippen LogP contribution < -0.4 is 15.2 Å². The fraction of sp³-hybridized carbons (Fsp3) is 0.273. The summed E-state index contributed by atoms with van der Waals surface area (Å²) in [5, 5.41) is 4.10. The highest BCUT2D eigenvalue weighted by molar-refractivity contribution is 5.77. The van der Waals surface area contributed by atoms with Crippen molar-refractivity contribution < 1.29 is 9.47 Å². The summed E-state index contributed by atoms with van der Waals surface area (Å²) in [5.74, 6) is 1.13. The van der Waals surface area contributed by atoms with Crippen LogP contribution in [0.2, 0.25) is 0 Å². The Kier molecular flexibility index (Phi) is 2.86. The van der Waals surface area contributed by atoms with Gasteiger partial charge in [-0.05, 0) is 0 Å². The van der Waals surface area contributed by atoms with Crippen molar-refractivity contribution in [1.82, 2.24) is 14.8 Å².